The van der Waals surface area contributed by atoms with E-state index in [-0.39, 0.29) is 11.9 Å². The number of rotatable bonds is 3. The summed E-state index contributed by atoms with van der Waals surface area (Å²) in [6.07, 6.45) is 2.69. The highest BCUT2D eigenvalue weighted by Gasteiger charge is 2.27. The lowest BCUT2D eigenvalue weighted by molar-refractivity contribution is 0.0938. The lowest BCUT2D eigenvalue weighted by atomic mass is 10.1. The van der Waals surface area contributed by atoms with Gasteiger partial charge in [0.25, 0.3) is 5.91 Å². The van der Waals surface area contributed by atoms with Crippen LogP contribution in [-0.2, 0) is 0 Å². The lowest BCUT2D eigenvalue weighted by Gasteiger charge is -2.17. The fourth-order valence-electron chi connectivity index (χ4n) is 2.69. The van der Waals surface area contributed by atoms with E-state index in [9.17, 15) is 4.79 Å². The summed E-state index contributed by atoms with van der Waals surface area (Å²) in [5, 5.41) is 6.87. The molecule has 110 valence electrons. The van der Waals surface area contributed by atoms with Crippen molar-refractivity contribution in [3.8, 4) is 0 Å². The maximum Gasteiger partial charge on any atom is 0.257 e. The number of hydrogen-bond donors (Lipinski definition) is 1. The number of pyridine rings is 1. The van der Waals surface area contributed by atoms with E-state index in [1.807, 2.05) is 18.2 Å². The summed E-state index contributed by atoms with van der Waals surface area (Å²) >= 11 is 0. The molecule has 2 aromatic rings. The highest BCUT2D eigenvalue weighted by molar-refractivity contribution is 5.96. The molecule has 21 heavy (non-hydrogen) atoms. The molecule has 0 saturated carbocycles. The van der Waals surface area contributed by atoms with E-state index in [2.05, 4.69) is 20.4 Å². The zero-order chi connectivity index (χ0) is 14.8. The molecule has 1 N–H and O–H groups in total. The third-order valence-corrected chi connectivity index (χ3v) is 3.76. The molecule has 0 bridgehead atoms. The number of aromatic nitrogens is 2. The van der Waals surface area contributed by atoms with Crippen LogP contribution in [0.2, 0.25) is 0 Å². The van der Waals surface area contributed by atoms with Gasteiger partial charge in [-0.1, -0.05) is 11.2 Å². The van der Waals surface area contributed by atoms with Crippen LogP contribution in [0.25, 0.3) is 0 Å². The first-order valence-corrected chi connectivity index (χ1v) is 7.05. The molecule has 1 atom stereocenters. The number of anilines is 1. The molecule has 0 radical (unpaired) electrons. The number of aryl methyl sites for hydroxylation is 2. The quantitative estimate of drug-likeness (QED) is 0.929. The van der Waals surface area contributed by atoms with E-state index < -0.39 is 0 Å². The lowest BCUT2D eigenvalue weighted by Crippen LogP contribution is -2.37. The molecule has 3 heterocycles. The van der Waals surface area contributed by atoms with E-state index in [1.54, 1.807) is 20.0 Å². The molecule has 0 spiro atoms. The Balaban J connectivity index is 1.64. The van der Waals surface area contributed by atoms with E-state index in [0.29, 0.717) is 17.0 Å². The number of hydrogen-bond acceptors (Lipinski definition) is 5. The van der Waals surface area contributed by atoms with Crippen molar-refractivity contribution in [3.05, 3.63) is 41.4 Å². The molecule has 0 aromatic carbocycles. The Morgan fingerprint density at radius 2 is 2.29 bits per heavy atom. The molecule has 1 aliphatic rings. The Bertz CT molecular complexity index is 619. The standard InChI is InChI=1S/C15H18N4O2/c1-10-14(11(2)21-18-10)15(20)17-12-6-8-19(9-12)13-5-3-4-7-16-13/h3-5,7,12H,6,8-9H2,1-2H3,(H,17,20)/t12-/m0/s1. The smallest absolute Gasteiger partial charge is 0.257 e. The molecule has 1 saturated heterocycles. The van der Waals surface area contributed by atoms with Crippen molar-refractivity contribution in [3.63, 3.8) is 0 Å². The van der Waals surface area contributed by atoms with Crippen LogP contribution in [0.4, 0.5) is 5.82 Å². The maximum absolute atomic E-state index is 12.3. The summed E-state index contributed by atoms with van der Waals surface area (Å²) in [6.45, 7) is 5.19. The predicted molar refractivity (Wildman–Crippen MR) is 78.3 cm³/mol. The van der Waals surface area contributed by atoms with Gasteiger partial charge >= 0.3 is 0 Å². The van der Waals surface area contributed by atoms with Crippen molar-refractivity contribution in [1.29, 1.82) is 0 Å². The Morgan fingerprint density at radius 3 is 2.95 bits per heavy atom. The summed E-state index contributed by atoms with van der Waals surface area (Å²) in [4.78, 5) is 18.8. The van der Waals surface area contributed by atoms with Gasteiger partial charge in [-0.15, -0.1) is 0 Å². The van der Waals surface area contributed by atoms with Gasteiger partial charge in [-0.3, -0.25) is 4.79 Å². The van der Waals surface area contributed by atoms with Crippen molar-refractivity contribution in [2.24, 2.45) is 0 Å². The Morgan fingerprint density at radius 1 is 1.43 bits per heavy atom. The topological polar surface area (TPSA) is 71.3 Å². The van der Waals surface area contributed by atoms with Gasteiger partial charge in [0.15, 0.2) is 0 Å². The van der Waals surface area contributed by atoms with Crippen LogP contribution in [-0.4, -0.2) is 35.2 Å². The van der Waals surface area contributed by atoms with Gasteiger partial charge in [0.2, 0.25) is 0 Å². The van der Waals surface area contributed by atoms with Gasteiger partial charge in [-0.25, -0.2) is 4.98 Å². The molecule has 1 aliphatic heterocycles. The van der Waals surface area contributed by atoms with E-state index in [4.69, 9.17) is 4.52 Å². The Hall–Kier alpha value is -2.37. The summed E-state index contributed by atoms with van der Waals surface area (Å²) in [5.41, 5.74) is 1.18. The van der Waals surface area contributed by atoms with Crippen molar-refractivity contribution in [2.75, 3.05) is 18.0 Å². The average Bonchev–Trinajstić information content (AvgIpc) is 3.07. The van der Waals surface area contributed by atoms with Gasteiger partial charge < -0.3 is 14.7 Å². The van der Waals surface area contributed by atoms with Crippen molar-refractivity contribution in [1.82, 2.24) is 15.5 Å². The number of carbonyl (C=O) groups is 1. The molecule has 6 heteroatoms. The maximum atomic E-state index is 12.3. The summed E-state index contributed by atoms with van der Waals surface area (Å²) in [5.74, 6) is 1.40. The van der Waals surface area contributed by atoms with Crippen LogP contribution in [0.15, 0.2) is 28.9 Å². The molecular weight excluding hydrogens is 268 g/mol. The largest absolute Gasteiger partial charge is 0.361 e. The van der Waals surface area contributed by atoms with Crippen LogP contribution in [0.3, 0.4) is 0 Å². The normalized spacial score (nSPS) is 18.0. The first-order chi connectivity index (χ1) is 10.1. The summed E-state index contributed by atoms with van der Waals surface area (Å²) in [7, 11) is 0. The number of nitrogens with zero attached hydrogens (tertiary/aromatic N) is 3. The Labute approximate surface area is 123 Å². The zero-order valence-corrected chi connectivity index (χ0v) is 12.2. The van der Waals surface area contributed by atoms with E-state index >= 15 is 0 Å². The predicted octanol–water partition coefficient (Wildman–Crippen LogP) is 1.70. The fraction of sp³-hybridized carbons (Fsp3) is 0.400. The molecule has 3 rings (SSSR count). The third-order valence-electron chi connectivity index (χ3n) is 3.76. The second-order valence-electron chi connectivity index (χ2n) is 5.29. The molecule has 2 aromatic heterocycles. The van der Waals surface area contributed by atoms with Crippen LogP contribution in [0, 0.1) is 13.8 Å². The first-order valence-electron chi connectivity index (χ1n) is 7.05. The monoisotopic (exact) mass is 286 g/mol. The SMILES string of the molecule is Cc1noc(C)c1C(=O)N[C@H]1CCN(c2ccccn2)C1. The summed E-state index contributed by atoms with van der Waals surface area (Å²) in [6, 6.07) is 5.97. The van der Waals surface area contributed by atoms with Crippen molar-refractivity contribution < 1.29 is 9.32 Å². The van der Waals surface area contributed by atoms with E-state index in [0.717, 1.165) is 25.3 Å². The molecular formula is C15H18N4O2. The van der Waals surface area contributed by atoms with E-state index in [1.165, 1.54) is 0 Å². The minimum atomic E-state index is -0.112. The van der Waals surface area contributed by atoms with Gasteiger partial charge in [0, 0.05) is 25.3 Å². The molecule has 6 nitrogen and oxygen atoms in total. The highest BCUT2D eigenvalue weighted by atomic mass is 16.5. The van der Waals surface area contributed by atoms with Gasteiger partial charge in [-0.2, -0.15) is 0 Å². The summed E-state index contributed by atoms with van der Waals surface area (Å²) < 4.78 is 5.04. The first kappa shape index (κ1) is 13.6. The molecule has 0 unspecified atom stereocenters. The number of amides is 1. The average molecular weight is 286 g/mol. The number of nitrogens with one attached hydrogen (secondary N) is 1. The second kappa shape index (κ2) is 5.55. The van der Waals surface area contributed by atoms with Crippen LogP contribution in [0.5, 0.6) is 0 Å². The third kappa shape index (κ3) is 2.74. The van der Waals surface area contributed by atoms with Crippen LogP contribution >= 0.6 is 0 Å². The van der Waals surface area contributed by atoms with Gasteiger partial charge in [0.1, 0.15) is 17.1 Å². The number of carbonyl (C=O) groups excluding carboxylic acids is 1. The zero-order valence-electron chi connectivity index (χ0n) is 12.2. The van der Waals surface area contributed by atoms with Crippen LogP contribution < -0.4 is 10.2 Å². The van der Waals surface area contributed by atoms with Crippen molar-refractivity contribution >= 4 is 11.7 Å². The van der Waals surface area contributed by atoms with Crippen LogP contribution in [0.1, 0.15) is 28.2 Å². The Kier molecular flexibility index (Phi) is 3.60. The van der Waals surface area contributed by atoms with Gasteiger partial charge in [0.05, 0.1) is 5.69 Å². The minimum absolute atomic E-state index is 0.112. The molecule has 1 amide bonds. The molecule has 1 fully saturated rings. The fourth-order valence-corrected chi connectivity index (χ4v) is 2.69. The van der Waals surface area contributed by atoms with Gasteiger partial charge in [-0.05, 0) is 32.4 Å². The second-order valence-corrected chi connectivity index (χ2v) is 5.29. The molecule has 0 aliphatic carbocycles. The van der Waals surface area contributed by atoms with Crippen molar-refractivity contribution in [2.45, 2.75) is 26.3 Å². The minimum Gasteiger partial charge on any atom is -0.361 e. The highest BCUT2D eigenvalue weighted by Crippen LogP contribution is 2.18.